The van der Waals surface area contributed by atoms with E-state index in [0.29, 0.717) is 0 Å². The van der Waals surface area contributed by atoms with E-state index in [1.54, 1.807) is 17.2 Å². The van der Waals surface area contributed by atoms with Crippen molar-refractivity contribution < 1.29 is 22.7 Å². The van der Waals surface area contributed by atoms with Crippen molar-refractivity contribution in [2.45, 2.75) is 39.3 Å². The molecule has 0 aromatic heterocycles. The third-order valence-corrected chi connectivity index (χ3v) is 4.38. The van der Waals surface area contributed by atoms with Crippen LogP contribution in [0, 0.1) is 0 Å². The fourth-order valence-corrected chi connectivity index (χ4v) is 3.11. The number of carbonyl (C=O) groups excluding carboxylic acids is 2. The zero-order valence-corrected chi connectivity index (χ0v) is 14.9. The van der Waals surface area contributed by atoms with E-state index in [2.05, 4.69) is 9.71 Å². The van der Waals surface area contributed by atoms with Crippen molar-refractivity contribution in [3.8, 4) is 0 Å². The van der Waals surface area contributed by atoms with Crippen molar-refractivity contribution in [3.05, 3.63) is 23.9 Å². The van der Waals surface area contributed by atoms with Gasteiger partial charge in [0.15, 0.2) is 11.9 Å². The number of carbonyl (C=O) groups is 2. The zero-order chi connectivity index (χ0) is 18.1. The summed E-state index contributed by atoms with van der Waals surface area (Å²) in [6, 6.07) is 0. The van der Waals surface area contributed by atoms with Crippen molar-refractivity contribution in [1.82, 2.24) is 10.2 Å². The highest BCUT2D eigenvalue weighted by Crippen LogP contribution is 2.19. The van der Waals surface area contributed by atoms with Crippen LogP contribution in [0.2, 0.25) is 0 Å². The number of esters is 1. The van der Waals surface area contributed by atoms with Gasteiger partial charge in [-0.2, -0.15) is 0 Å². The lowest BCUT2D eigenvalue weighted by Gasteiger charge is -2.29. The summed E-state index contributed by atoms with van der Waals surface area (Å²) in [5.74, 6) is -1.32. The SMILES string of the molecule is C[C@H](OC(=O)C1=CC=CN2CCS(=O)(=O)N=C12)C(=O)NC(C)(C)C. The van der Waals surface area contributed by atoms with Crippen LogP contribution < -0.4 is 5.32 Å². The van der Waals surface area contributed by atoms with Crippen LogP contribution >= 0.6 is 0 Å². The molecule has 24 heavy (non-hydrogen) atoms. The first kappa shape index (κ1) is 18.2. The summed E-state index contributed by atoms with van der Waals surface area (Å²) >= 11 is 0. The topological polar surface area (TPSA) is 105 Å². The molecule has 2 aliphatic heterocycles. The average molecular weight is 355 g/mol. The number of allylic oxidation sites excluding steroid dienone is 2. The van der Waals surface area contributed by atoms with E-state index in [1.807, 2.05) is 20.8 Å². The van der Waals surface area contributed by atoms with Crippen LogP contribution in [0.25, 0.3) is 0 Å². The fourth-order valence-electron chi connectivity index (χ4n) is 2.12. The van der Waals surface area contributed by atoms with Gasteiger partial charge in [0, 0.05) is 18.3 Å². The number of rotatable bonds is 3. The zero-order valence-electron chi connectivity index (χ0n) is 14.1. The van der Waals surface area contributed by atoms with Gasteiger partial charge >= 0.3 is 5.97 Å². The molecule has 9 heteroatoms. The fraction of sp³-hybridized carbons (Fsp3) is 0.533. The molecule has 0 bridgehead atoms. The van der Waals surface area contributed by atoms with Crippen molar-refractivity contribution >= 4 is 27.7 Å². The van der Waals surface area contributed by atoms with Crippen molar-refractivity contribution in [1.29, 1.82) is 0 Å². The van der Waals surface area contributed by atoms with E-state index in [-0.39, 0.29) is 23.7 Å². The molecule has 2 aliphatic rings. The standard InChI is InChI=1S/C15H21N3O5S/c1-10(13(19)16-15(2,3)4)23-14(20)11-6-5-7-18-8-9-24(21,22)17-12(11)18/h5-7,10H,8-9H2,1-4H3,(H,16,19)/t10-/m0/s1. The summed E-state index contributed by atoms with van der Waals surface area (Å²) in [7, 11) is -3.60. The van der Waals surface area contributed by atoms with Gasteiger partial charge in [0.1, 0.15) is 5.57 Å². The Balaban J connectivity index is 2.14. The lowest BCUT2D eigenvalue weighted by molar-refractivity contribution is -0.151. The number of fused-ring (bicyclic) bond motifs is 1. The van der Waals surface area contributed by atoms with E-state index < -0.39 is 33.5 Å². The molecular formula is C15H21N3O5S. The molecule has 2 heterocycles. The maximum absolute atomic E-state index is 12.3. The summed E-state index contributed by atoms with van der Waals surface area (Å²) in [5, 5.41) is 2.71. The van der Waals surface area contributed by atoms with Gasteiger partial charge in [0.25, 0.3) is 15.9 Å². The molecule has 0 aromatic carbocycles. The van der Waals surface area contributed by atoms with Gasteiger partial charge in [-0.25, -0.2) is 13.2 Å². The normalized spacial score (nSPS) is 20.4. The van der Waals surface area contributed by atoms with Gasteiger partial charge in [-0.1, -0.05) is 0 Å². The van der Waals surface area contributed by atoms with E-state index in [0.717, 1.165) is 0 Å². The Morgan fingerprint density at radius 2 is 2.04 bits per heavy atom. The molecule has 0 unspecified atom stereocenters. The van der Waals surface area contributed by atoms with Crippen LogP contribution in [0.3, 0.4) is 0 Å². The predicted molar refractivity (Wildman–Crippen MR) is 88.6 cm³/mol. The smallest absolute Gasteiger partial charge is 0.342 e. The number of amides is 1. The van der Waals surface area contributed by atoms with Crippen LogP contribution in [-0.2, 0) is 24.3 Å². The Hall–Kier alpha value is -2.16. The summed E-state index contributed by atoms with van der Waals surface area (Å²) < 4.78 is 32.2. The number of hydrogen-bond acceptors (Lipinski definition) is 6. The Bertz CT molecular complexity index is 744. The largest absolute Gasteiger partial charge is 0.449 e. The Kier molecular flexibility index (Phi) is 4.84. The molecule has 0 spiro atoms. The third kappa shape index (κ3) is 4.44. The molecule has 0 aliphatic carbocycles. The maximum Gasteiger partial charge on any atom is 0.342 e. The minimum atomic E-state index is -3.60. The second kappa shape index (κ2) is 6.39. The van der Waals surface area contributed by atoms with E-state index in [1.165, 1.54) is 13.0 Å². The number of amidine groups is 1. The number of sulfonamides is 1. The van der Waals surface area contributed by atoms with Gasteiger partial charge in [-0.15, -0.1) is 4.40 Å². The van der Waals surface area contributed by atoms with Crippen LogP contribution in [-0.4, -0.2) is 55.0 Å². The summed E-state index contributed by atoms with van der Waals surface area (Å²) in [5.41, 5.74) is -0.445. The molecule has 0 aromatic rings. The highest BCUT2D eigenvalue weighted by atomic mass is 32.2. The molecule has 2 rings (SSSR count). The maximum atomic E-state index is 12.3. The van der Waals surface area contributed by atoms with Gasteiger partial charge in [0.05, 0.1) is 5.75 Å². The Morgan fingerprint density at radius 1 is 1.38 bits per heavy atom. The molecule has 0 saturated carbocycles. The first-order valence-corrected chi connectivity index (χ1v) is 9.10. The summed E-state index contributed by atoms with van der Waals surface area (Å²) in [6.45, 7) is 7.10. The van der Waals surface area contributed by atoms with E-state index in [4.69, 9.17) is 4.74 Å². The van der Waals surface area contributed by atoms with Gasteiger partial charge in [-0.05, 0) is 39.8 Å². The van der Waals surface area contributed by atoms with Gasteiger partial charge in [-0.3, -0.25) is 4.79 Å². The average Bonchev–Trinajstić information content (AvgIpc) is 2.43. The Labute approximate surface area is 141 Å². The monoisotopic (exact) mass is 355 g/mol. The molecule has 0 fully saturated rings. The van der Waals surface area contributed by atoms with Crippen LogP contribution in [0.1, 0.15) is 27.7 Å². The molecular weight excluding hydrogens is 334 g/mol. The van der Waals surface area contributed by atoms with E-state index in [9.17, 15) is 18.0 Å². The second-order valence-electron chi connectivity index (χ2n) is 6.60. The Morgan fingerprint density at radius 3 is 2.67 bits per heavy atom. The summed E-state index contributed by atoms with van der Waals surface area (Å²) in [6.07, 6.45) is 3.65. The molecule has 1 atom stereocenters. The molecule has 8 nitrogen and oxygen atoms in total. The van der Waals surface area contributed by atoms with E-state index >= 15 is 0 Å². The molecule has 1 N–H and O–H groups in total. The predicted octanol–water partition coefficient (Wildman–Crippen LogP) is 0.330. The number of ether oxygens (including phenoxy) is 1. The highest BCUT2D eigenvalue weighted by Gasteiger charge is 2.32. The molecule has 0 saturated heterocycles. The van der Waals surface area contributed by atoms with Crippen LogP contribution in [0.5, 0.6) is 0 Å². The second-order valence-corrected chi connectivity index (χ2v) is 8.36. The first-order valence-electron chi connectivity index (χ1n) is 7.50. The van der Waals surface area contributed by atoms with Crippen molar-refractivity contribution in [3.63, 3.8) is 0 Å². The quantitative estimate of drug-likeness (QED) is 0.732. The minimum absolute atomic E-state index is 0.0104. The van der Waals surface area contributed by atoms with Gasteiger partial charge in [0.2, 0.25) is 0 Å². The first-order chi connectivity index (χ1) is 11.0. The van der Waals surface area contributed by atoms with Crippen LogP contribution in [0.4, 0.5) is 0 Å². The molecule has 1 amide bonds. The minimum Gasteiger partial charge on any atom is -0.449 e. The van der Waals surface area contributed by atoms with Gasteiger partial charge < -0.3 is 15.0 Å². The number of nitrogens with one attached hydrogen (secondary N) is 1. The number of hydrogen-bond donors (Lipinski definition) is 1. The highest BCUT2D eigenvalue weighted by molar-refractivity contribution is 7.90. The molecule has 0 radical (unpaired) electrons. The molecule has 132 valence electrons. The third-order valence-electron chi connectivity index (χ3n) is 3.23. The lowest BCUT2D eigenvalue weighted by Crippen LogP contribution is -2.47. The summed E-state index contributed by atoms with van der Waals surface area (Å²) in [4.78, 5) is 25.9. The van der Waals surface area contributed by atoms with Crippen molar-refractivity contribution in [2.24, 2.45) is 4.40 Å². The number of nitrogens with zero attached hydrogens (tertiary/aromatic N) is 2. The van der Waals surface area contributed by atoms with Crippen LogP contribution in [0.15, 0.2) is 28.3 Å². The lowest BCUT2D eigenvalue weighted by atomic mass is 10.1. The van der Waals surface area contributed by atoms with Crippen molar-refractivity contribution in [2.75, 3.05) is 12.3 Å².